The average molecular weight is 435 g/mol. The number of unbranched alkanes of at least 4 members (excludes halogenated alkanes) is 1. The van der Waals surface area contributed by atoms with Crippen LogP contribution in [-0.4, -0.2) is 17.9 Å². The molecule has 0 aliphatic heterocycles. The van der Waals surface area contributed by atoms with Crippen LogP contribution in [0.4, 0.5) is 10.2 Å². The molecule has 0 aliphatic rings. The Morgan fingerprint density at radius 1 is 1.09 bits per heavy atom. The van der Waals surface area contributed by atoms with Crippen LogP contribution in [0, 0.1) is 0 Å². The predicted molar refractivity (Wildman–Crippen MR) is 135 cm³/mol. The first-order valence-electron chi connectivity index (χ1n) is 10.8. The molecule has 2 aromatic carbocycles. The first kappa shape index (κ1) is 24.6. The molecule has 3 aromatic rings. The van der Waals surface area contributed by atoms with Gasteiger partial charge < -0.3 is 16.0 Å². The molecule has 4 N–H and O–H groups in total. The third kappa shape index (κ3) is 5.94. The Morgan fingerprint density at radius 2 is 1.72 bits per heavy atom. The minimum atomic E-state index is -0.494. The van der Waals surface area contributed by atoms with Crippen molar-refractivity contribution in [2.24, 2.45) is 10.9 Å². The van der Waals surface area contributed by atoms with Crippen molar-refractivity contribution < 1.29 is 4.48 Å². The van der Waals surface area contributed by atoms with Crippen molar-refractivity contribution in [1.29, 1.82) is 0 Å². The second-order valence-corrected chi connectivity index (χ2v) is 6.91. The monoisotopic (exact) mass is 434 g/mol. The summed E-state index contributed by atoms with van der Waals surface area (Å²) in [5.41, 5.74) is 9.93. The Labute approximate surface area is 188 Å². The van der Waals surface area contributed by atoms with Gasteiger partial charge in [-0.15, -0.1) is 0 Å². The van der Waals surface area contributed by atoms with E-state index in [1.807, 2.05) is 69.4 Å². The number of amidine groups is 1. The highest BCUT2D eigenvalue weighted by molar-refractivity contribution is 6.03. The van der Waals surface area contributed by atoms with Crippen LogP contribution in [0.3, 0.4) is 0 Å². The molecule has 1 aromatic heterocycles. The number of nitrogens with two attached hydrogens (primary N) is 1. The smallest absolute Gasteiger partial charge is 0.260 e. The molecule has 0 saturated heterocycles. The van der Waals surface area contributed by atoms with Crippen molar-refractivity contribution in [3.8, 4) is 22.4 Å². The Bertz CT molecular complexity index is 1110. The zero-order valence-electron chi connectivity index (χ0n) is 19.1. The number of anilines is 1. The number of rotatable bonds is 7. The number of halogens is 1. The van der Waals surface area contributed by atoms with Gasteiger partial charge in [-0.3, -0.25) is 4.79 Å². The molecular formula is C26H31FN4O. The fraction of sp³-hybridized carbons (Fsp3) is 0.231. The molecule has 32 heavy (non-hydrogen) atoms. The van der Waals surface area contributed by atoms with Gasteiger partial charge in [0.05, 0.1) is 5.56 Å². The Balaban J connectivity index is 0.00000176. The molecule has 0 atom stereocenters. The van der Waals surface area contributed by atoms with E-state index in [0.29, 0.717) is 11.3 Å². The molecule has 0 aliphatic carbocycles. The van der Waals surface area contributed by atoms with Gasteiger partial charge in [-0.25, -0.2) is 0 Å². The highest BCUT2D eigenvalue weighted by atomic mass is 19.2. The number of benzene rings is 2. The van der Waals surface area contributed by atoms with Crippen LogP contribution < -0.4 is 16.6 Å². The highest BCUT2D eigenvalue weighted by Gasteiger charge is 2.16. The first-order valence-corrected chi connectivity index (χ1v) is 10.8. The van der Waals surface area contributed by atoms with Crippen LogP contribution in [0.25, 0.3) is 28.5 Å². The molecule has 0 amide bonds. The molecule has 0 spiro atoms. The third-order valence-electron chi connectivity index (χ3n) is 4.85. The van der Waals surface area contributed by atoms with E-state index in [9.17, 15) is 9.28 Å². The van der Waals surface area contributed by atoms with Crippen LogP contribution in [0.15, 0.2) is 70.7 Å². The van der Waals surface area contributed by atoms with Gasteiger partial charge in [0.2, 0.25) is 0 Å². The molecular weight excluding hydrogens is 403 g/mol. The molecule has 1 heterocycles. The van der Waals surface area contributed by atoms with E-state index in [0.717, 1.165) is 35.2 Å². The number of allylic oxidation sites excluding steroid dienone is 1. The lowest BCUT2D eigenvalue weighted by atomic mass is 9.97. The summed E-state index contributed by atoms with van der Waals surface area (Å²) in [7, 11) is 1.82. The van der Waals surface area contributed by atoms with Crippen LogP contribution >= 0.6 is 0 Å². The van der Waals surface area contributed by atoms with E-state index in [1.165, 1.54) is 0 Å². The van der Waals surface area contributed by atoms with Gasteiger partial charge in [0.25, 0.3) is 5.56 Å². The summed E-state index contributed by atoms with van der Waals surface area (Å²) in [6.45, 7) is 6.14. The van der Waals surface area contributed by atoms with Crippen LogP contribution in [0.5, 0.6) is 0 Å². The van der Waals surface area contributed by atoms with Crippen molar-refractivity contribution in [3.05, 3.63) is 82.2 Å². The molecule has 5 nitrogen and oxygen atoms in total. The quantitative estimate of drug-likeness (QED) is 0.307. The van der Waals surface area contributed by atoms with Gasteiger partial charge in [0.1, 0.15) is 0 Å². The maximum atomic E-state index is 13.0. The number of nitrogens with zero attached hydrogens (tertiary/aromatic N) is 1. The fourth-order valence-corrected chi connectivity index (χ4v) is 3.22. The zero-order chi connectivity index (χ0) is 23.5. The SMILES string of the molecule is CC.CCC/C=C/c1ccc(-c2cc(-c3ccc(NC)cc3)c(/C(N)=N/F)c(=O)[nH]2)cc1. The fourth-order valence-electron chi connectivity index (χ4n) is 3.22. The summed E-state index contributed by atoms with van der Waals surface area (Å²) in [5.74, 6) is -0.452. The number of pyridine rings is 1. The van der Waals surface area contributed by atoms with Gasteiger partial charge in [-0.05, 0) is 41.3 Å². The normalized spacial score (nSPS) is 11.2. The summed E-state index contributed by atoms with van der Waals surface area (Å²) in [5, 5.41) is 5.59. The summed E-state index contributed by atoms with van der Waals surface area (Å²) in [4.78, 5) is 15.6. The first-order chi connectivity index (χ1) is 15.6. The number of H-pyrrole nitrogens is 1. The minimum Gasteiger partial charge on any atom is -0.388 e. The maximum Gasteiger partial charge on any atom is 0.260 e. The van der Waals surface area contributed by atoms with E-state index >= 15 is 0 Å². The molecule has 0 fully saturated rings. The molecule has 0 radical (unpaired) electrons. The van der Waals surface area contributed by atoms with Crippen molar-refractivity contribution in [2.45, 2.75) is 33.6 Å². The van der Waals surface area contributed by atoms with E-state index in [4.69, 9.17) is 5.73 Å². The Hall–Kier alpha value is -3.67. The van der Waals surface area contributed by atoms with E-state index in [1.54, 1.807) is 6.07 Å². The van der Waals surface area contributed by atoms with Crippen LogP contribution in [-0.2, 0) is 0 Å². The van der Waals surface area contributed by atoms with Crippen molar-refractivity contribution >= 4 is 17.6 Å². The van der Waals surface area contributed by atoms with Crippen LogP contribution in [0.2, 0.25) is 0 Å². The molecule has 168 valence electrons. The number of hydrogen-bond donors (Lipinski definition) is 3. The second kappa shape index (κ2) is 12.2. The summed E-state index contributed by atoms with van der Waals surface area (Å²) >= 11 is 0. The Kier molecular flexibility index (Phi) is 9.42. The zero-order valence-corrected chi connectivity index (χ0v) is 19.1. The largest absolute Gasteiger partial charge is 0.388 e. The lowest BCUT2D eigenvalue weighted by Gasteiger charge is -2.12. The molecule has 3 rings (SSSR count). The number of aromatic nitrogens is 1. The van der Waals surface area contributed by atoms with Gasteiger partial charge >= 0.3 is 0 Å². The number of hydrogen-bond acceptors (Lipinski definition) is 3. The lowest BCUT2D eigenvalue weighted by Crippen LogP contribution is -2.25. The van der Waals surface area contributed by atoms with E-state index in [-0.39, 0.29) is 5.56 Å². The molecule has 0 bridgehead atoms. The van der Waals surface area contributed by atoms with Gasteiger partial charge in [0, 0.05) is 24.0 Å². The molecule has 0 saturated carbocycles. The maximum absolute atomic E-state index is 13.0. The molecule has 6 heteroatoms. The molecule has 0 unspecified atom stereocenters. The van der Waals surface area contributed by atoms with Gasteiger partial charge in [-0.2, -0.15) is 0 Å². The van der Waals surface area contributed by atoms with Gasteiger partial charge in [-0.1, -0.05) is 85.4 Å². The highest BCUT2D eigenvalue weighted by Crippen LogP contribution is 2.28. The minimum absolute atomic E-state index is 0.0116. The van der Waals surface area contributed by atoms with Crippen LogP contribution in [0.1, 0.15) is 44.7 Å². The second-order valence-electron chi connectivity index (χ2n) is 6.91. The summed E-state index contributed by atoms with van der Waals surface area (Å²) < 4.78 is 13.0. The average Bonchev–Trinajstić information content (AvgIpc) is 2.85. The van der Waals surface area contributed by atoms with Crippen molar-refractivity contribution in [1.82, 2.24) is 4.98 Å². The Morgan fingerprint density at radius 3 is 2.28 bits per heavy atom. The summed E-state index contributed by atoms with van der Waals surface area (Å²) in [6, 6.07) is 17.1. The number of aromatic amines is 1. The topological polar surface area (TPSA) is 83.3 Å². The van der Waals surface area contributed by atoms with Crippen molar-refractivity contribution in [3.63, 3.8) is 0 Å². The van der Waals surface area contributed by atoms with Gasteiger partial charge in [0.15, 0.2) is 5.84 Å². The lowest BCUT2D eigenvalue weighted by molar-refractivity contribution is 0.536. The van der Waals surface area contributed by atoms with E-state index < -0.39 is 11.4 Å². The van der Waals surface area contributed by atoms with Crippen molar-refractivity contribution in [2.75, 3.05) is 12.4 Å². The van der Waals surface area contributed by atoms with E-state index in [2.05, 4.69) is 34.6 Å². The third-order valence-corrected chi connectivity index (χ3v) is 4.85. The summed E-state index contributed by atoms with van der Waals surface area (Å²) in [6.07, 6.45) is 6.35. The predicted octanol–water partition coefficient (Wildman–Crippen LogP) is 6.18. The standard InChI is InChI=1S/C24H25FN4O.C2H6/c1-3-4-5-6-16-7-9-18(10-8-16)21-15-20(17-11-13-19(27-2)14-12-17)22(23(26)29-25)24(30)28-21;1-2/h5-15,27H,3-4H2,1-2H3,(H2,26,29)(H,28,30);1-2H3/b6-5+;. The number of nitrogens with one attached hydrogen (secondary N) is 2.